The van der Waals surface area contributed by atoms with Crippen molar-refractivity contribution < 1.29 is 0 Å². The molecule has 1 heterocycles. The highest BCUT2D eigenvalue weighted by atomic mass is 79.9. The quantitative estimate of drug-likeness (QED) is 0.615. The van der Waals surface area contributed by atoms with Crippen molar-refractivity contribution >= 4 is 38.9 Å². The number of rotatable bonds is 5. The smallest absolute Gasteiger partial charge is 0.107 e. The molecule has 1 atom stereocenters. The Balaban J connectivity index is 2.02. The lowest BCUT2D eigenvalue weighted by atomic mass is 9.92. The van der Waals surface area contributed by atoms with Crippen molar-refractivity contribution in [3.05, 3.63) is 19.8 Å². The van der Waals surface area contributed by atoms with Crippen LogP contribution in [-0.2, 0) is 0 Å². The molecule has 2 rings (SSSR count). The van der Waals surface area contributed by atoms with Gasteiger partial charge >= 0.3 is 0 Å². The zero-order valence-corrected chi connectivity index (χ0v) is 14.7. The van der Waals surface area contributed by atoms with Crippen molar-refractivity contribution in [1.82, 2.24) is 5.32 Å². The van der Waals surface area contributed by atoms with E-state index in [0.717, 1.165) is 21.3 Å². The van der Waals surface area contributed by atoms with Crippen molar-refractivity contribution in [3.8, 4) is 0 Å². The summed E-state index contributed by atoms with van der Waals surface area (Å²) in [6, 6.07) is 2.67. The summed E-state index contributed by atoms with van der Waals surface area (Å²) in [5, 5.41) is 3.64. The van der Waals surface area contributed by atoms with Gasteiger partial charge in [0.25, 0.3) is 0 Å². The standard InChI is InChI=1S/C15H23BrClNS/c1-2-18-13(14-10-12(16)15(17)19-14)9-11-7-5-3-4-6-8-11/h10-11,13,18H,2-9H2,1H3. The Hall–Kier alpha value is 0.430. The molecule has 1 nitrogen and oxygen atoms in total. The largest absolute Gasteiger partial charge is 0.310 e. The van der Waals surface area contributed by atoms with Crippen molar-refractivity contribution in [3.63, 3.8) is 0 Å². The molecule has 1 fully saturated rings. The zero-order valence-electron chi connectivity index (χ0n) is 11.6. The Bertz CT molecular complexity index is 366. The molecule has 19 heavy (non-hydrogen) atoms. The molecule has 1 unspecified atom stereocenters. The molecule has 1 N–H and O–H groups in total. The summed E-state index contributed by atoms with van der Waals surface area (Å²) in [5.74, 6) is 0.881. The van der Waals surface area contributed by atoms with Gasteiger partial charge in [0.05, 0.1) is 0 Å². The predicted octanol–water partition coefficient (Wildman–Crippen LogP) is 6.18. The maximum atomic E-state index is 6.19. The minimum Gasteiger partial charge on any atom is -0.310 e. The molecule has 0 spiro atoms. The maximum Gasteiger partial charge on any atom is 0.107 e. The molecule has 108 valence electrons. The predicted molar refractivity (Wildman–Crippen MR) is 89.3 cm³/mol. The second kappa shape index (κ2) is 8.02. The van der Waals surface area contributed by atoms with Gasteiger partial charge in [-0.05, 0) is 40.9 Å². The van der Waals surface area contributed by atoms with Gasteiger partial charge in [0.2, 0.25) is 0 Å². The normalized spacial score (nSPS) is 19.3. The molecular weight excluding hydrogens is 342 g/mol. The van der Waals surface area contributed by atoms with Crippen molar-refractivity contribution in [1.29, 1.82) is 0 Å². The molecule has 1 aliphatic rings. The van der Waals surface area contributed by atoms with E-state index < -0.39 is 0 Å². The summed E-state index contributed by atoms with van der Waals surface area (Å²) >= 11 is 11.4. The number of nitrogens with one attached hydrogen (secondary N) is 1. The Morgan fingerprint density at radius 2 is 2.05 bits per heavy atom. The van der Waals surface area contributed by atoms with Gasteiger partial charge in [-0.1, -0.05) is 57.0 Å². The van der Waals surface area contributed by atoms with Gasteiger partial charge < -0.3 is 5.32 Å². The summed E-state index contributed by atoms with van der Waals surface area (Å²) in [7, 11) is 0. The van der Waals surface area contributed by atoms with Crippen LogP contribution in [0.1, 0.15) is 62.8 Å². The van der Waals surface area contributed by atoms with E-state index in [1.165, 1.54) is 49.8 Å². The SMILES string of the molecule is CCNC(CC1CCCCCC1)c1cc(Br)c(Cl)s1. The van der Waals surface area contributed by atoms with Gasteiger partial charge in [0.1, 0.15) is 4.34 Å². The lowest BCUT2D eigenvalue weighted by Crippen LogP contribution is -2.22. The second-order valence-electron chi connectivity index (χ2n) is 5.47. The Labute approximate surface area is 134 Å². The first kappa shape index (κ1) is 15.8. The lowest BCUT2D eigenvalue weighted by Gasteiger charge is -2.22. The highest BCUT2D eigenvalue weighted by Crippen LogP contribution is 2.38. The van der Waals surface area contributed by atoms with Gasteiger partial charge in [0, 0.05) is 15.4 Å². The van der Waals surface area contributed by atoms with E-state index in [4.69, 9.17) is 11.6 Å². The van der Waals surface area contributed by atoms with E-state index in [9.17, 15) is 0 Å². The van der Waals surface area contributed by atoms with Crippen LogP contribution in [0.4, 0.5) is 0 Å². The monoisotopic (exact) mass is 363 g/mol. The van der Waals surface area contributed by atoms with E-state index in [2.05, 4.69) is 34.2 Å². The minimum absolute atomic E-state index is 0.474. The molecule has 1 aliphatic carbocycles. The summed E-state index contributed by atoms with van der Waals surface area (Å²) in [4.78, 5) is 1.38. The minimum atomic E-state index is 0.474. The van der Waals surface area contributed by atoms with Crippen LogP contribution >= 0.6 is 38.9 Å². The van der Waals surface area contributed by atoms with Crippen LogP contribution in [0.15, 0.2) is 10.5 Å². The van der Waals surface area contributed by atoms with Crippen molar-refractivity contribution in [2.24, 2.45) is 5.92 Å². The molecule has 0 aromatic carbocycles. The zero-order chi connectivity index (χ0) is 13.7. The fourth-order valence-electron chi connectivity index (χ4n) is 3.01. The summed E-state index contributed by atoms with van der Waals surface area (Å²) < 4.78 is 1.91. The Morgan fingerprint density at radius 1 is 1.37 bits per heavy atom. The average molecular weight is 365 g/mol. The van der Waals surface area contributed by atoms with E-state index >= 15 is 0 Å². The van der Waals surface area contributed by atoms with Gasteiger partial charge in [-0.25, -0.2) is 0 Å². The first-order chi connectivity index (χ1) is 9.20. The number of hydrogen-bond donors (Lipinski definition) is 1. The van der Waals surface area contributed by atoms with Crippen LogP contribution in [0.2, 0.25) is 4.34 Å². The highest BCUT2D eigenvalue weighted by molar-refractivity contribution is 9.10. The fourth-order valence-corrected chi connectivity index (χ4v) is 4.84. The first-order valence-electron chi connectivity index (χ1n) is 7.38. The van der Waals surface area contributed by atoms with Gasteiger partial charge in [-0.3, -0.25) is 0 Å². The molecule has 4 heteroatoms. The van der Waals surface area contributed by atoms with Crippen molar-refractivity contribution in [2.75, 3.05) is 6.54 Å². The number of hydrogen-bond acceptors (Lipinski definition) is 2. The van der Waals surface area contributed by atoms with E-state index in [1.807, 2.05) is 0 Å². The molecule has 1 saturated carbocycles. The summed E-state index contributed by atoms with van der Waals surface area (Å²) in [6.45, 7) is 3.20. The third-order valence-electron chi connectivity index (χ3n) is 4.00. The van der Waals surface area contributed by atoms with Crippen molar-refractivity contribution in [2.45, 2.75) is 57.9 Å². The number of thiophene rings is 1. The molecule has 1 aromatic heterocycles. The molecule has 0 aliphatic heterocycles. The fraction of sp³-hybridized carbons (Fsp3) is 0.733. The highest BCUT2D eigenvalue weighted by Gasteiger charge is 2.21. The van der Waals surface area contributed by atoms with E-state index in [1.54, 1.807) is 11.3 Å². The molecule has 0 amide bonds. The van der Waals surface area contributed by atoms with Crippen LogP contribution in [-0.4, -0.2) is 6.54 Å². The van der Waals surface area contributed by atoms with E-state index in [0.29, 0.717) is 6.04 Å². The molecule has 0 radical (unpaired) electrons. The second-order valence-corrected chi connectivity index (χ2v) is 8.01. The maximum absolute atomic E-state index is 6.19. The Kier molecular flexibility index (Phi) is 6.67. The third kappa shape index (κ3) is 4.73. The molecular formula is C15H23BrClNS. The molecule has 0 saturated heterocycles. The van der Waals surface area contributed by atoms with Crippen LogP contribution in [0.5, 0.6) is 0 Å². The first-order valence-corrected chi connectivity index (χ1v) is 9.37. The number of halogens is 2. The van der Waals surface area contributed by atoms with Gasteiger partial charge in [0.15, 0.2) is 0 Å². The van der Waals surface area contributed by atoms with Crippen LogP contribution in [0.3, 0.4) is 0 Å². The summed E-state index contributed by atoms with van der Waals surface area (Å²) in [5.41, 5.74) is 0. The molecule has 0 bridgehead atoms. The van der Waals surface area contributed by atoms with Crippen LogP contribution in [0, 0.1) is 5.92 Å². The summed E-state index contributed by atoms with van der Waals surface area (Å²) in [6.07, 6.45) is 9.76. The molecule has 1 aromatic rings. The lowest BCUT2D eigenvalue weighted by molar-refractivity contribution is 0.362. The van der Waals surface area contributed by atoms with Gasteiger partial charge in [-0.15, -0.1) is 11.3 Å². The Morgan fingerprint density at radius 3 is 2.58 bits per heavy atom. The average Bonchev–Trinajstić information content (AvgIpc) is 2.60. The van der Waals surface area contributed by atoms with Crippen LogP contribution in [0.25, 0.3) is 0 Å². The third-order valence-corrected chi connectivity index (χ3v) is 6.59. The topological polar surface area (TPSA) is 12.0 Å². The van der Waals surface area contributed by atoms with Gasteiger partial charge in [-0.2, -0.15) is 0 Å². The van der Waals surface area contributed by atoms with E-state index in [-0.39, 0.29) is 0 Å². The van der Waals surface area contributed by atoms with Crippen LogP contribution < -0.4 is 5.32 Å².